The molecule has 0 aromatic heterocycles. The third-order valence-electron chi connectivity index (χ3n) is 1.90. The molecular weight excluding hydrogens is 288 g/mol. The highest BCUT2D eigenvalue weighted by Gasteiger charge is 2.14. The van der Waals surface area contributed by atoms with Crippen molar-refractivity contribution in [2.75, 3.05) is 12.4 Å². The third-order valence-corrected chi connectivity index (χ3v) is 2.39. The van der Waals surface area contributed by atoms with E-state index in [9.17, 15) is 9.59 Å². The molecule has 1 aromatic rings. The molecule has 5 nitrogen and oxygen atoms in total. The maximum atomic E-state index is 11.5. The van der Waals surface area contributed by atoms with Crippen molar-refractivity contribution in [1.29, 1.82) is 5.26 Å². The average molecular weight is 297 g/mol. The minimum atomic E-state index is -0.557. The molecule has 0 saturated carbocycles. The van der Waals surface area contributed by atoms with Crippen LogP contribution in [0.15, 0.2) is 22.7 Å². The minimum absolute atomic E-state index is 0.230. The molecule has 0 spiro atoms. The Kier molecular flexibility index (Phi) is 4.67. The smallest absolute Gasteiger partial charge is 0.340 e. The molecule has 0 fully saturated rings. The molecule has 1 amide bonds. The number of ether oxygens (including phenoxy) is 1. The highest BCUT2D eigenvalue weighted by molar-refractivity contribution is 9.10. The van der Waals surface area contributed by atoms with Gasteiger partial charge in [0.25, 0.3) is 0 Å². The lowest BCUT2D eigenvalue weighted by Crippen LogP contribution is -2.14. The van der Waals surface area contributed by atoms with Crippen LogP contribution in [0.2, 0.25) is 0 Å². The number of carbonyl (C=O) groups is 2. The van der Waals surface area contributed by atoms with Gasteiger partial charge in [-0.2, -0.15) is 5.26 Å². The van der Waals surface area contributed by atoms with Crippen LogP contribution < -0.4 is 5.32 Å². The van der Waals surface area contributed by atoms with Gasteiger partial charge in [-0.05, 0) is 18.2 Å². The van der Waals surface area contributed by atoms with Crippen molar-refractivity contribution in [3.63, 3.8) is 0 Å². The summed E-state index contributed by atoms with van der Waals surface area (Å²) < 4.78 is 5.29. The Hall–Kier alpha value is -1.87. The van der Waals surface area contributed by atoms with Crippen LogP contribution in [0.5, 0.6) is 0 Å². The van der Waals surface area contributed by atoms with Crippen molar-refractivity contribution in [3.8, 4) is 6.07 Å². The monoisotopic (exact) mass is 296 g/mol. The van der Waals surface area contributed by atoms with Crippen LogP contribution in [0.4, 0.5) is 5.69 Å². The number of carbonyl (C=O) groups excluding carboxylic acids is 2. The van der Waals surface area contributed by atoms with Gasteiger partial charge in [-0.1, -0.05) is 15.9 Å². The van der Waals surface area contributed by atoms with Crippen LogP contribution in [0.3, 0.4) is 0 Å². The van der Waals surface area contributed by atoms with E-state index in [4.69, 9.17) is 5.26 Å². The second-order valence-electron chi connectivity index (χ2n) is 3.06. The van der Waals surface area contributed by atoms with E-state index in [1.54, 1.807) is 18.2 Å². The van der Waals surface area contributed by atoms with E-state index in [0.29, 0.717) is 10.2 Å². The zero-order chi connectivity index (χ0) is 12.8. The summed E-state index contributed by atoms with van der Waals surface area (Å²) >= 11 is 3.22. The zero-order valence-corrected chi connectivity index (χ0v) is 10.6. The molecule has 88 valence electrons. The summed E-state index contributed by atoms with van der Waals surface area (Å²) in [6, 6.07) is 6.50. The second-order valence-corrected chi connectivity index (χ2v) is 3.98. The highest BCUT2D eigenvalue weighted by atomic mass is 79.9. The summed E-state index contributed by atoms with van der Waals surface area (Å²) in [6.07, 6.45) is -0.267. The average Bonchev–Trinajstić information content (AvgIpc) is 2.30. The van der Waals surface area contributed by atoms with E-state index >= 15 is 0 Å². The van der Waals surface area contributed by atoms with E-state index in [2.05, 4.69) is 26.0 Å². The lowest BCUT2D eigenvalue weighted by atomic mass is 10.1. The Morgan fingerprint density at radius 1 is 1.53 bits per heavy atom. The maximum Gasteiger partial charge on any atom is 0.340 e. The van der Waals surface area contributed by atoms with Crippen LogP contribution in [-0.2, 0) is 9.53 Å². The summed E-state index contributed by atoms with van der Waals surface area (Å²) in [6.45, 7) is 0. The van der Waals surface area contributed by atoms with Crippen molar-refractivity contribution in [3.05, 3.63) is 28.2 Å². The van der Waals surface area contributed by atoms with Crippen molar-refractivity contribution in [1.82, 2.24) is 0 Å². The number of amides is 1. The minimum Gasteiger partial charge on any atom is -0.465 e. The highest BCUT2D eigenvalue weighted by Crippen LogP contribution is 2.22. The molecule has 0 heterocycles. The van der Waals surface area contributed by atoms with Gasteiger partial charge in [-0.15, -0.1) is 0 Å². The number of nitrogens with one attached hydrogen (secondary N) is 1. The number of nitrogens with zero attached hydrogens (tertiary/aromatic N) is 1. The van der Waals surface area contributed by atoms with E-state index in [1.807, 2.05) is 0 Å². The largest absolute Gasteiger partial charge is 0.465 e. The maximum absolute atomic E-state index is 11.5. The Labute approximate surface area is 107 Å². The van der Waals surface area contributed by atoms with Crippen molar-refractivity contribution in [2.45, 2.75) is 6.42 Å². The lowest BCUT2D eigenvalue weighted by Gasteiger charge is -2.08. The van der Waals surface area contributed by atoms with Gasteiger partial charge in [0, 0.05) is 4.47 Å². The summed E-state index contributed by atoms with van der Waals surface area (Å²) in [5.74, 6) is -1.03. The molecule has 0 saturated heterocycles. The van der Waals surface area contributed by atoms with Gasteiger partial charge in [-0.3, -0.25) is 4.79 Å². The molecule has 6 heteroatoms. The fourth-order valence-electron chi connectivity index (χ4n) is 1.17. The number of methoxy groups -OCH3 is 1. The molecule has 17 heavy (non-hydrogen) atoms. The van der Waals surface area contributed by atoms with E-state index in [0.717, 1.165) is 0 Å². The number of hydrogen-bond acceptors (Lipinski definition) is 4. The normalized spacial score (nSPS) is 9.24. The molecule has 0 aliphatic heterocycles. The second kappa shape index (κ2) is 6.01. The van der Waals surface area contributed by atoms with Gasteiger partial charge in [-0.25, -0.2) is 4.79 Å². The molecule has 0 radical (unpaired) electrons. The molecule has 0 atom stereocenters. The number of nitriles is 1. The van der Waals surface area contributed by atoms with Crippen molar-refractivity contribution >= 4 is 33.5 Å². The van der Waals surface area contributed by atoms with Gasteiger partial charge in [0.05, 0.1) is 24.4 Å². The molecule has 1 rings (SSSR count). The lowest BCUT2D eigenvalue weighted by molar-refractivity contribution is -0.115. The van der Waals surface area contributed by atoms with Crippen LogP contribution >= 0.6 is 15.9 Å². The van der Waals surface area contributed by atoms with Crippen LogP contribution in [0, 0.1) is 11.3 Å². The van der Waals surface area contributed by atoms with Crippen LogP contribution in [0.1, 0.15) is 16.8 Å². The number of benzene rings is 1. The molecule has 1 N–H and O–H groups in total. The third kappa shape index (κ3) is 3.57. The number of rotatable bonds is 3. The Morgan fingerprint density at radius 2 is 2.24 bits per heavy atom. The van der Waals surface area contributed by atoms with Crippen LogP contribution in [0.25, 0.3) is 0 Å². The number of esters is 1. The van der Waals surface area contributed by atoms with Gasteiger partial charge >= 0.3 is 5.97 Å². The van der Waals surface area contributed by atoms with Gasteiger partial charge in [0.15, 0.2) is 0 Å². The van der Waals surface area contributed by atoms with E-state index in [1.165, 1.54) is 13.2 Å². The van der Waals surface area contributed by atoms with Crippen molar-refractivity contribution < 1.29 is 14.3 Å². The fraction of sp³-hybridized carbons (Fsp3) is 0.182. The Bertz CT molecular complexity index is 494. The molecule has 0 aliphatic rings. The summed E-state index contributed by atoms with van der Waals surface area (Å²) in [5, 5.41) is 10.8. The first kappa shape index (κ1) is 13.2. The molecule has 0 bridgehead atoms. The predicted molar refractivity (Wildman–Crippen MR) is 64.3 cm³/mol. The van der Waals surface area contributed by atoms with Gasteiger partial charge < -0.3 is 10.1 Å². The first-order chi connectivity index (χ1) is 8.08. The predicted octanol–water partition coefficient (Wildman–Crippen LogP) is 2.09. The van der Waals surface area contributed by atoms with Gasteiger partial charge in [0.1, 0.15) is 6.42 Å². The standard InChI is InChI=1S/C11H9BrN2O3/c1-17-11(16)8-6-7(12)2-3-9(8)14-10(15)4-5-13/h2-3,6H,4H2,1H3,(H,14,15). The molecule has 1 aromatic carbocycles. The number of hydrogen-bond donors (Lipinski definition) is 1. The van der Waals surface area contributed by atoms with Crippen molar-refractivity contribution in [2.24, 2.45) is 0 Å². The van der Waals surface area contributed by atoms with Gasteiger partial charge in [0.2, 0.25) is 5.91 Å². The van der Waals surface area contributed by atoms with Crippen LogP contribution in [-0.4, -0.2) is 19.0 Å². The Morgan fingerprint density at radius 3 is 2.82 bits per heavy atom. The molecule has 0 unspecified atom stereocenters. The summed E-state index contributed by atoms with van der Waals surface area (Å²) in [7, 11) is 1.25. The number of halogens is 1. The van der Waals surface area contributed by atoms with E-state index in [-0.39, 0.29) is 12.0 Å². The fourth-order valence-corrected chi connectivity index (χ4v) is 1.53. The first-order valence-electron chi connectivity index (χ1n) is 4.63. The van der Waals surface area contributed by atoms with E-state index < -0.39 is 11.9 Å². The molecular formula is C11H9BrN2O3. The SMILES string of the molecule is COC(=O)c1cc(Br)ccc1NC(=O)CC#N. The quantitative estimate of drug-likeness (QED) is 0.866. The Balaban J connectivity index is 3.03. The topological polar surface area (TPSA) is 79.2 Å². The summed E-state index contributed by atoms with van der Waals surface area (Å²) in [5.41, 5.74) is 0.550. The summed E-state index contributed by atoms with van der Waals surface area (Å²) in [4.78, 5) is 22.7. The first-order valence-corrected chi connectivity index (χ1v) is 5.42. The number of anilines is 1. The molecule has 0 aliphatic carbocycles. The zero-order valence-electron chi connectivity index (χ0n) is 8.99.